The number of carbonyl (C=O) groups is 1. The van der Waals surface area contributed by atoms with Gasteiger partial charge in [0.1, 0.15) is 5.82 Å². The first-order valence-electron chi connectivity index (χ1n) is 9.95. The number of nitrogens with zero attached hydrogens (tertiary/aromatic N) is 3. The molecule has 1 N–H and O–H groups in total. The summed E-state index contributed by atoms with van der Waals surface area (Å²) in [7, 11) is -0.794. The summed E-state index contributed by atoms with van der Waals surface area (Å²) >= 11 is 1.17. The molecule has 2 aromatic carbocycles. The fourth-order valence-corrected chi connectivity index (χ4v) is 5.41. The largest absolute Gasteiger partial charge is 0.371 e. The van der Waals surface area contributed by atoms with Gasteiger partial charge in [0.2, 0.25) is 10.0 Å². The molecule has 1 saturated heterocycles. The number of hydrogen-bond donors (Lipinski definition) is 1. The van der Waals surface area contributed by atoms with Crippen LogP contribution in [0.4, 0.5) is 15.2 Å². The number of fused-ring (bicyclic) bond motifs is 1. The summed E-state index contributed by atoms with van der Waals surface area (Å²) in [6.45, 7) is 1.61. The number of anilines is 2. The maximum absolute atomic E-state index is 13.5. The number of hydrogen-bond acceptors (Lipinski definition) is 6. The van der Waals surface area contributed by atoms with Crippen molar-refractivity contribution in [1.82, 2.24) is 9.29 Å². The van der Waals surface area contributed by atoms with E-state index in [1.165, 1.54) is 49.7 Å². The lowest BCUT2D eigenvalue weighted by Gasteiger charge is -2.30. The molecule has 0 atom stereocenters. The van der Waals surface area contributed by atoms with Gasteiger partial charge >= 0.3 is 0 Å². The summed E-state index contributed by atoms with van der Waals surface area (Å²) in [5, 5.41) is 3.10. The van der Waals surface area contributed by atoms with Crippen LogP contribution in [0.1, 0.15) is 29.6 Å². The van der Waals surface area contributed by atoms with Crippen LogP contribution in [0.5, 0.6) is 0 Å². The Hall–Kier alpha value is -2.56. The average Bonchev–Trinajstić information content (AvgIpc) is 3.15. The summed E-state index contributed by atoms with van der Waals surface area (Å²) in [5.41, 5.74) is 1.55. The normalized spacial score (nSPS) is 14.9. The van der Waals surface area contributed by atoms with Gasteiger partial charge in [0.05, 0.1) is 20.7 Å². The zero-order chi connectivity index (χ0) is 22.2. The van der Waals surface area contributed by atoms with Gasteiger partial charge in [0.15, 0.2) is 5.13 Å². The number of sulfonamides is 1. The van der Waals surface area contributed by atoms with E-state index in [-0.39, 0.29) is 16.3 Å². The summed E-state index contributed by atoms with van der Waals surface area (Å²) in [5.74, 6) is -0.820. The maximum atomic E-state index is 13.5. The molecule has 3 aromatic rings. The molecule has 10 heteroatoms. The van der Waals surface area contributed by atoms with Gasteiger partial charge in [-0.25, -0.2) is 22.1 Å². The Morgan fingerprint density at radius 3 is 2.58 bits per heavy atom. The van der Waals surface area contributed by atoms with E-state index in [9.17, 15) is 17.6 Å². The lowest BCUT2D eigenvalue weighted by Crippen LogP contribution is -2.32. The van der Waals surface area contributed by atoms with Crippen LogP contribution >= 0.6 is 11.3 Å². The molecule has 4 rings (SSSR count). The molecule has 0 radical (unpaired) electrons. The monoisotopic (exact) mass is 462 g/mol. The zero-order valence-electron chi connectivity index (χ0n) is 17.3. The van der Waals surface area contributed by atoms with Crippen molar-refractivity contribution in [3.63, 3.8) is 0 Å². The van der Waals surface area contributed by atoms with E-state index >= 15 is 0 Å². The van der Waals surface area contributed by atoms with E-state index in [1.807, 2.05) is 0 Å². The fraction of sp³-hybridized carbons (Fsp3) is 0.333. The molecule has 0 unspecified atom stereocenters. The third-order valence-electron chi connectivity index (χ3n) is 5.26. The molecule has 0 saturated carbocycles. The minimum Gasteiger partial charge on any atom is -0.371 e. The molecule has 164 valence electrons. The third kappa shape index (κ3) is 4.41. The van der Waals surface area contributed by atoms with E-state index in [1.54, 1.807) is 12.1 Å². The van der Waals surface area contributed by atoms with Crippen molar-refractivity contribution in [3.8, 4) is 0 Å². The summed E-state index contributed by atoms with van der Waals surface area (Å²) < 4.78 is 40.5. The average molecular weight is 463 g/mol. The van der Waals surface area contributed by atoms with Crippen LogP contribution in [-0.2, 0) is 10.0 Å². The minimum absolute atomic E-state index is 0.0507. The Balaban J connectivity index is 1.72. The zero-order valence-corrected chi connectivity index (χ0v) is 18.9. The van der Waals surface area contributed by atoms with E-state index in [2.05, 4.69) is 15.2 Å². The van der Waals surface area contributed by atoms with Crippen LogP contribution in [0.15, 0.2) is 41.3 Å². The Morgan fingerprint density at radius 2 is 1.87 bits per heavy atom. The predicted octanol–water partition coefficient (Wildman–Crippen LogP) is 3.93. The van der Waals surface area contributed by atoms with E-state index < -0.39 is 15.9 Å². The molecule has 1 amide bonds. The minimum atomic E-state index is -3.70. The van der Waals surface area contributed by atoms with Crippen molar-refractivity contribution in [2.24, 2.45) is 0 Å². The van der Waals surface area contributed by atoms with Crippen LogP contribution in [0.3, 0.4) is 0 Å². The van der Waals surface area contributed by atoms with E-state index in [4.69, 9.17) is 0 Å². The van der Waals surface area contributed by atoms with Crippen LogP contribution in [0.2, 0.25) is 0 Å². The number of amides is 1. The highest BCUT2D eigenvalue weighted by Gasteiger charge is 2.24. The van der Waals surface area contributed by atoms with E-state index in [0.717, 1.165) is 36.7 Å². The number of carbonyl (C=O) groups excluding carboxylic acids is 1. The second kappa shape index (κ2) is 8.52. The van der Waals surface area contributed by atoms with Gasteiger partial charge in [-0.3, -0.25) is 10.1 Å². The lowest BCUT2D eigenvalue weighted by molar-refractivity contribution is 0.102. The first kappa shape index (κ1) is 21.7. The SMILES string of the molecule is CN(C)S(=O)(=O)c1ccc(N2CCCCC2)c(C(=O)Nc2nc3ccc(F)cc3s2)c1. The van der Waals surface area contributed by atoms with Gasteiger partial charge in [-0.1, -0.05) is 11.3 Å². The predicted molar refractivity (Wildman–Crippen MR) is 121 cm³/mol. The Kier molecular flexibility index (Phi) is 5.96. The molecular formula is C21H23FN4O3S2. The highest BCUT2D eigenvalue weighted by Crippen LogP contribution is 2.31. The molecule has 0 bridgehead atoms. The van der Waals surface area contributed by atoms with Crippen molar-refractivity contribution in [3.05, 3.63) is 47.8 Å². The Labute approximate surface area is 184 Å². The van der Waals surface area contributed by atoms with Crippen molar-refractivity contribution < 1.29 is 17.6 Å². The lowest BCUT2D eigenvalue weighted by atomic mass is 10.1. The molecule has 1 aliphatic rings. The Bertz CT molecular complexity index is 1230. The van der Waals surface area contributed by atoms with E-state index in [0.29, 0.717) is 21.0 Å². The van der Waals surface area contributed by atoms with Gasteiger partial charge in [-0.2, -0.15) is 0 Å². The second-order valence-corrected chi connectivity index (χ2v) is 10.8. The number of rotatable bonds is 5. The van der Waals surface area contributed by atoms with Gasteiger partial charge in [0.25, 0.3) is 5.91 Å². The topological polar surface area (TPSA) is 82.6 Å². The van der Waals surface area contributed by atoms with Crippen molar-refractivity contribution in [2.75, 3.05) is 37.4 Å². The van der Waals surface area contributed by atoms with Crippen LogP contribution < -0.4 is 10.2 Å². The molecule has 0 aliphatic carbocycles. The van der Waals surface area contributed by atoms with Crippen LogP contribution in [0, 0.1) is 5.82 Å². The molecule has 7 nitrogen and oxygen atoms in total. The molecule has 0 spiro atoms. The fourth-order valence-electron chi connectivity index (χ4n) is 3.60. The number of halogens is 1. The third-order valence-corrected chi connectivity index (χ3v) is 8.00. The number of thiazole rings is 1. The number of piperidine rings is 1. The van der Waals surface area contributed by atoms with Crippen molar-refractivity contribution in [2.45, 2.75) is 24.2 Å². The van der Waals surface area contributed by atoms with Gasteiger partial charge in [-0.15, -0.1) is 0 Å². The van der Waals surface area contributed by atoms with Crippen molar-refractivity contribution >= 4 is 48.3 Å². The standard InChI is InChI=1S/C21H23FN4O3S2/c1-25(2)31(28,29)15-7-9-18(26-10-4-3-5-11-26)16(13-15)20(27)24-21-23-17-8-6-14(22)12-19(17)30-21/h6-9,12-13H,3-5,10-11H2,1-2H3,(H,23,24,27). The van der Waals surface area contributed by atoms with Crippen LogP contribution in [-0.4, -0.2) is 50.8 Å². The van der Waals surface area contributed by atoms with Crippen LogP contribution in [0.25, 0.3) is 10.2 Å². The molecule has 2 heterocycles. The molecular weight excluding hydrogens is 439 g/mol. The van der Waals surface area contributed by atoms with Gasteiger partial charge in [0, 0.05) is 32.9 Å². The summed E-state index contributed by atoms with van der Waals surface area (Å²) in [6.07, 6.45) is 3.16. The molecule has 1 aromatic heterocycles. The van der Waals surface area contributed by atoms with Crippen molar-refractivity contribution in [1.29, 1.82) is 0 Å². The quantitative estimate of drug-likeness (QED) is 0.621. The maximum Gasteiger partial charge on any atom is 0.259 e. The van der Waals surface area contributed by atoms with Gasteiger partial charge < -0.3 is 4.90 Å². The number of benzene rings is 2. The molecule has 1 aliphatic heterocycles. The Morgan fingerprint density at radius 1 is 1.13 bits per heavy atom. The highest BCUT2D eigenvalue weighted by atomic mass is 32.2. The summed E-state index contributed by atoms with van der Waals surface area (Å²) in [4.78, 5) is 19.7. The highest BCUT2D eigenvalue weighted by molar-refractivity contribution is 7.89. The first-order valence-corrected chi connectivity index (χ1v) is 12.2. The smallest absolute Gasteiger partial charge is 0.259 e. The summed E-state index contributed by atoms with van der Waals surface area (Å²) in [6, 6.07) is 8.90. The first-order chi connectivity index (χ1) is 14.8. The number of aromatic nitrogens is 1. The van der Waals surface area contributed by atoms with Gasteiger partial charge in [-0.05, 0) is 55.7 Å². The molecule has 31 heavy (non-hydrogen) atoms. The molecule has 1 fully saturated rings. The second-order valence-electron chi connectivity index (χ2n) is 7.60. The number of nitrogens with one attached hydrogen (secondary N) is 1.